The summed E-state index contributed by atoms with van der Waals surface area (Å²) in [7, 11) is 0. The van der Waals surface area contributed by atoms with Gasteiger partial charge in [0, 0.05) is 16.7 Å². The van der Waals surface area contributed by atoms with Crippen molar-refractivity contribution in [3.63, 3.8) is 0 Å². The van der Waals surface area contributed by atoms with Crippen molar-refractivity contribution in [2.45, 2.75) is 39.7 Å². The van der Waals surface area contributed by atoms with Gasteiger partial charge in [-0.2, -0.15) is 0 Å². The maximum atomic E-state index is 12.8. The van der Waals surface area contributed by atoms with Gasteiger partial charge in [0.1, 0.15) is 5.76 Å². The quantitative estimate of drug-likeness (QED) is 0.743. The van der Waals surface area contributed by atoms with Crippen LogP contribution in [0.15, 0.2) is 57.7 Å². The number of nitrogens with one attached hydrogen (secondary N) is 1. The zero-order valence-corrected chi connectivity index (χ0v) is 15.6. The van der Waals surface area contributed by atoms with Gasteiger partial charge in [0.25, 0.3) is 5.91 Å². The SMILES string of the molecule is CCC(C)(C)NC(=O)c1cccc2c(=O)c(C)c(-c3ccccc3)oc12. The normalized spacial score (nSPS) is 11.5. The van der Waals surface area contributed by atoms with Crippen LogP contribution in [0.4, 0.5) is 0 Å². The van der Waals surface area contributed by atoms with Crippen LogP contribution in [0.2, 0.25) is 0 Å². The van der Waals surface area contributed by atoms with Gasteiger partial charge in [0.15, 0.2) is 11.0 Å². The molecule has 0 aliphatic heterocycles. The van der Waals surface area contributed by atoms with Crippen molar-refractivity contribution >= 4 is 16.9 Å². The second-order valence-electron chi connectivity index (χ2n) is 7.13. The number of hydrogen-bond acceptors (Lipinski definition) is 3. The summed E-state index contributed by atoms with van der Waals surface area (Å²) in [6.07, 6.45) is 0.793. The number of para-hydroxylation sites is 1. The highest BCUT2D eigenvalue weighted by Gasteiger charge is 2.22. The highest BCUT2D eigenvalue weighted by Crippen LogP contribution is 2.27. The van der Waals surface area contributed by atoms with Crippen molar-refractivity contribution in [2.24, 2.45) is 0 Å². The first-order valence-corrected chi connectivity index (χ1v) is 8.78. The third kappa shape index (κ3) is 3.27. The maximum absolute atomic E-state index is 12.8. The van der Waals surface area contributed by atoms with Crippen molar-refractivity contribution < 1.29 is 9.21 Å². The molecule has 1 aromatic heterocycles. The topological polar surface area (TPSA) is 59.3 Å². The fourth-order valence-electron chi connectivity index (χ4n) is 2.82. The second kappa shape index (κ2) is 6.79. The van der Waals surface area contributed by atoms with Crippen LogP contribution in [0, 0.1) is 6.92 Å². The molecule has 4 heteroatoms. The highest BCUT2D eigenvalue weighted by atomic mass is 16.3. The van der Waals surface area contributed by atoms with Gasteiger partial charge in [-0.3, -0.25) is 9.59 Å². The Labute approximate surface area is 152 Å². The van der Waals surface area contributed by atoms with Crippen LogP contribution in [-0.2, 0) is 0 Å². The van der Waals surface area contributed by atoms with E-state index < -0.39 is 0 Å². The largest absolute Gasteiger partial charge is 0.455 e. The molecule has 0 spiro atoms. The molecule has 0 aliphatic rings. The molecular formula is C22H23NO3. The summed E-state index contributed by atoms with van der Waals surface area (Å²) in [5, 5.41) is 3.43. The molecule has 0 aliphatic carbocycles. The minimum Gasteiger partial charge on any atom is -0.455 e. The van der Waals surface area contributed by atoms with Crippen LogP contribution in [0.5, 0.6) is 0 Å². The van der Waals surface area contributed by atoms with E-state index in [1.165, 1.54) is 0 Å². The Hall–Kier alpha value is -2.88. The minimum atomic E-state index is -0.341. The summed E-state index contributed by atoms with van der Waals surface area (Å²) in [6, 6.07) is 14.6. The van der Waals surface area contributed by atoms with Gasteiger partial charge >= 0.3 is 0 Å². The summed E-state index contributed by atoms with van der Waals surface area (Å²) in [6.45, 7) is 7.69. The lowest BCUT2D eigenvalue weighted by atomic mass is 10.00. The average molecular weight is 349 g/mol. The molecule has 0 saturated carbocycles. The molecule has 2 aromatic carbocycles. The molecule has 26 heavy (non-hydrogen) atoms. The summed E-state index contributed by atoms with van der Waals surface area (Å²) in [5.41, 5.74) is 1.59. The van der Waals surface area contributed by atoms with E-state index in [-0.39, 0.29) is 16.9 Å². The van der Waals surface area contributed by atoms with Gasteiger partial charge in [0.05, 0.1) is 10.9 Å². The van der Waals surface area contributed by atoms with Crippen LogP contribution in [0.1, 0.15) is 43.1 Å². The van der Waals surface area contributed by atoms with Crippen molar-refractivity contribution in [3.8, 4) is 11.3 Å². The molecule has 1 amide bonds. The third-order valence-electron chi connectivity index (χ3n) is 4.76. The summed E-state index contributed by atoms with van der Waals surface area (Å²) in [4.78, 5) is 25.7. The van der Waals surface area contributed by atoms with E-state index >= 15 is 0 Å². The van der Waals surface area contributed by atoms with E-state index in [1.54, 1.807) is 25.1 Å². The Kier molecular flexibility index (Phi) is 4.68. The lowest BCUT2D eigenvalue weighted by Gasteiger charge is -2.24. The van der Waals surface area contributed by atoms with Gasteiger partial charge in [-0.05, 0) is 39.3 Å². The van der Waals surface area contributed by atoms with Crippen LogP contribution in [-0.4, -0.2) is 11.4 Å². The molecule has 4 nitrogen and oxygen atoms in total. The molecule has 0 saturated heterocycles. The number of fused-ring (bicyclic) bond motifs is 1. The number of carbonyl (C=O) groups excluding carboxylic acids is 1. The maximum Gasteiger partial charge on any atom is 0.255 e. The Balaban J connectivity index is 2.22. The molecule has 0 atom stereocenters. The van der Waals surface area contributed by atoms with Crippen LogP contribution >= 0.6 is 0 Å². The number of amides is 1. The average Bonchev–Trinajstić information content (AvgIpc) is 2.64. The predicted molar refractivity (Wildman–Crippen MR) is 104 cm³/mol. The molecule has 3 rings (SSSR count). The third-order valence-corrected chi connectivity index (χ3v) is 4.76. The zero-order valence-electron chi connectivity index (χ0n) is 15.6. The first-order chi connectivity index (χ1) is 12.3. The number of rotatable bonds is 4. The van der Waals surface area contributed by atoms with E-state index in [0.717, 1.165) is 12.0 Å². The summed E-state index contributed by atoms with van der Waals surface area (Å²) >= 11 is 0. The molecule has 1 heterocycles. The number of hydrogen-bond donors (Lipinski definition) is 1. The van der Waals surface area contributed by atoms with Gasteiger partial charge < -0.3 is 9.73 Å². The van der Waals surface area contributed by atoms with Crippen molar-refractivity contribution in [1.29, 1.82) is 0 Å². The minimum absolute atomic E-state index is 0.116. The van der Waals surface area contributed by atoms with E-state index in [1.807, 2.05) is 51.1 Å². The smallest absolute Gasteiger partial charge is 0.255 e. The fraction of sp³-hybridized carbons (Fsp3) is 0.273. The Morgan fingerprint density at radius 1 is 1.08 bits per heavy atom. The first kappa shape index (κ1) is 17.9. The lowest BCUT2D eigenvalue weighted by Crippen LogP contribution is -2.42. The number of carbonyl (C=O) groups is 1. The monoisotopic (exact) mass is 349 g/mol. The van der Waals surface area contributed by atoms with Gasteiger partial charge in [-0.15, -0.1) is 0 Å². The molecule has 0 unspecified atom stereocenters. The lowest BCUT2D eigenvalue weighted by molar-refractivity contribution is 0.0912. The predicted octanol–water partition coefficient (Wildman–Crippen LogP) is 4.69. The highest BCUT2D eigenvalue weighted by molar-refractivity contribution is 6.05. The number of benzene rings is 2. The Morgan fingerprint density at radius 2 is 1.77 bits per heavy atom. The summed E-state index contributed by atoms with van der Waals surface area (Å²) in [5.74, 6) is 0.256. The molecule has 134 valence electrons. The molecular weight excluding hydrogens is 326 g/mol. The fourth-order valence-corrected chi connectivity index (χ4v) is 2.82. The van der Waals surface area contributed by atoms with Crippen molar-refractivity contribution in [2.75, 3.05) is 0 Å². The summed E-state index contributed by atoms with van der Waals surface area (Å²) < 4.78 is 6.10. The Morgan fingerprint density at radius 3 is 2.42 bits per heavy atom. The standard InChI is InChI=1S/C22H23NO3/c1-5-22(3,4)23-21(25)17-13-9-12-16-18(24)14(2)19(26-20(16)17)15-10-7-6-8-11-15/h6-13H,5H2,1-4H3,(H,23,25). The van der Waals surface area contributed by atoms with Crippen LogP contribution in [0.3, 0.4) is 0 Å². The van der Waals surface area contributed by atoms with Crippen LogP contribution in [0.25, 0.3) is 22.3 Å². The van der Waals surface area contributed by atoms with E-state index in [2.05, 4.69) is 5.32 Å². The zero-order chi connectivity index (χ0) is 18.9. The van der Waals surface area contributed by atoms with E-state index in [0.29, 0.717) is 27.9 Å². The van der Waals surface area contributed by atoms with E-state index in [9.17, 15) is 9.59 Å². The molecule has 1 N–H and O–H groups in total. The molecule has 0 radical (unpaired) electrons. The van der Waals surface area contributed by atoms with Gasteiger partial charge in [-0.25, -0.2) is 0 Å². The Bertz CT molecular complexity index is 1020. The molecule has 3 aromatic rings. The first-order valence-electron chi connectivity index (χ1n) is 8.78. The van der Waals surface area contributed by atoms with Gasteiger partial charge in [-0.1, -0.05) is 43.3 Å². The van der Waals surface area contributed by atoms with E-state index in [4.69, 9.17) is 4.42 Å². The molecule has 0 bridgehead atoms. The van der Waals surface area contributed by atoms with Crippen molar-refractivity contribution in [3.05, 3.63) is 69.9 Å². The van der Waals surface area contributed by atoms with Crippen molar-refractivity contribution in [1.82, 2.24) is 5.32 Å². The molecule has 0 fully saturated rings. The van der Waals surface area contributed by atoms with Gasteiger partial charge in [0.2, 0.25) is 0 Å². The van der Waals surface area contributed by atoms with Crippen LogP contribution < -0.4 is 10.7 Å². The second-order valence-corrected chi connectivity index (χ2v) is 7.13.